The van der Waals surface area contributed by atoms with Crippen LogP contribution in [0.25, 0.3) is 0 Å². The molecule has 1 aliphatic carbocycles. The van der Waals surface area contributed by atoms with E-state index >= 15 is 0 Å². The maximum absolute atomic E-state index is 6.06. The van der Waals surface area contributed by atoms with E-state index in [1.807, 2.05) is 12.1 Å². The van der Waals surface area contributed by atoms with E-state index in [1.54, 1.807) is 0 Å². The van der Waals surface area contributed by atoms with E-state index < -0.39 is 0 Å². The summed E-state index contributed by atoms with van der Waals surface area (Å²) in [5.41, 5.74) is 7.35. The van der Waals surface area contributed by atoms with Crippen molar-refractivity contribution in [2.75, 3.05) is 11.0 Å². The van der Waals surface area contributed by atoms with Crippen molar-refractivity contribution in [2.24, 2.45) is 11.7 Å². The normalized spacial score (nSPS) is 28.1. The first-order chi connectivity index (χ1) is 7.64. The smallest absolute Gasteiger partial charge is 0.0595 e. The van der Waals surface area contributed by atoms with Crippen LogP contribution in [0.4, 0.5) is 0 Å². The summed E-state index contributed by atoms with van der Waals surface area (Å²) in [5.74, 6) is 0.714. The lowest BCUT2D eigenvalue weighted by atomic mass is 9.92. The van der Waals surface area contributed by atoms with Crippen LogP contribution in [0.5, 0.6) is 0 Å². The van der Waals surface area contributed by atoms with Gasteiger partial charge in [0, 0.05) is 12.0 Å². The fourth-order valence-corrected chi connectivity index (χ4v) is 3.47. The number of nitrogens with two attached hydrogens (primary N) is 1. The zero-order valence-electron chi connectivity index (χ0n) is 8.85. The Labute approximate surface area is 120 Å². The lowest BCUT2D eigenvalue weighted by Crippen LogP contribution is -2.22. The van der Waals surface area contributed by atoms with Gasteiger partial charge < -0.3 is 5.73 Å². The van der Waals surface area contributed by atoms with Gasteiger partial charge in [0.2, 0.25) is 0 Å². The molecule has 0 saturated heterocycles. The summed E-state index contributed by atoms with van der Waals surface area (Å²) in [7, 11) is 0. The Hall–Kier alpha value is 0.490. The van der Waals surface area contributed by atoms with Crippen molar-refractivity contribution in [1.29, 1.82) is 0 Å². The number of alkyl halides is 1. The minimum atomic E-state index is 0.166. The maximum atomic E-state index is 6.06. The van der Waals surface area contributed by atoms with Crippen molar-refractivity contribution in [1.82, 2.24) is 0 Å². The van der Waals surface area contributed by atoms with Crippen molar-refractivity contribution < 1.29 is 0 Å². The SMILES string of the molecule is NC[C@]1(c2ccc(Cl)c(Cl)c2)C[C@H]1CCI. The predicted octanol–water partition coefficient (Wildman–Crippen LogP) is 4.03. The van der Waals surface area contributed by atoms with E-state index in [0.29, 0.717) is 22.5 Å². The number of halogens is 3. The van der Waals surface area contributed by atoms with E-state index in [1.165, 1.54) is 22.8 Å². The van der Waals surface area contributed by atoms with E-state index in [2.05, 4.69) is 28.7 Å². The molecule has 88 valence electrons. The predicted molar refractivity (Wildman–Crippen MR) is 78.8 cm³/mol. The van der Waals surface area contributed by atoms with Crippen LogP contribution in [0.2, 0.25) is 10.0 Å². The van der Waals surface area contributed by atoms with Crippen LogP contribution in [-0.4, -0.2) is 11.0 Å². The Balaban J connectivity index is 2.26. The van der Waals surface area contributed by atoms with Gasteiger partial charge in [-0.1, -0.05) is 51.9 Å². The van der Waals surface area contributed by atoms with Gasteiger partial charge in [0.1, 0.15) is 0 Å². The number of hydrogen-bond donors (Lipinski definition) is 1. The molecule has 0 unspecified atom stereocenters. The summed E-state index contributed by atoms with van der Waals surface area (Å²) in [6.07, 6.45) is 2.42. The second kappa shape index (κ2) is 5.01. The second-order valence-electron chi connectivity index (χ2n) is 4.37. The summed E-state index contributed by atoms with van der Waals surface area (Å²) in [5, 5.41) is 1.25. The Morgan fingerprint density at radius 3 is 2.69 bits per heavy atom. The highest BCUT2D eigenvalue weighted by atomic mass is 127. The van der Waals surface area contributed by atoms with Gasteiger partial charge in [-0.3, -0.25) is 0 Å². The maximum Gasteiger partial charge on any atom is 0.0595 e. The quantitative estimate of drug-likeness (QED) is 0.629. The van der Waals surface area contributed by atoms with Gasteiger partial charge in [-0.2, -0.15) is 0 Å². The van der Waals surface area contributed by atoms with Gasteiger partial charge in [0.05, 0.1) is 10.0 Å². The van der Waals surface area contributed by atoms with Gasteiger partial charge in [0.15, 0.2) is 0 Å². The molecule has 0 aromatic heterocycles. The fraction of sp³-hybridized carbons (Fsp3) is 0.500. The Morgan fingerprint density at radius 2 is 2.12 bits per heavy atom. The molecule has 16 heavy (non-hydrogen) atoms. The molecule has 0 bridgehead atoms. The van der Waals surface area contributed by atoms with Crippen molar-refractivity contribution in [3.8, 4) is 0 Å². The Kier molecular flexibility index (Phi) is 4.05. The zero-order chi connectivity index (χ0) is 11.8. The molecular formula is C12H14Cl2IN. The molecule has 2 atom stereocenters. The molecule has 1 aromatic rings. The summed E-state index contributed by atoms with van der Waals surface area (Å²) in [6.45, 7) is 0.701. The van der Waals surface area contributed by atoms with Crippen molar-refractivity contribution >= 4 is 45.8 Å². The number of benzene rings is 1. The lowest BCUT2D eigenvalue weighted by molar-refractivity contribution is 0.605. The number of hydrogen-bond acceptors (Lipinski definition) is 1. The topological polar surface area (TPSA) is 26.0 Å². The van der Waals surface area contributed by atoms with Crippen molar-refractivity contribution in [2.45, 2.75) is 18.3 Å². The van der Waals surface area contributed by atoms with Crippen LogP contribution in [0.15, 0.2) is 18.2 Å². The highest BCUT2D eigenvalue weighted by molar-refractivity contribution is 14.1. The van der Waals surface area contributed by atoms with Crippen molar-refractivity contribution in [3.05, 3.63) is 33.8 Å². The van der Waals surface area contributed by atoms with Gasteiger partial charge in [-0.05, 0) is 40.9 Å². The summed E-state index contributed by atoms with van der Waals surface area (Å²) in [6, 6.07) is 5.91. The largest absolute Gasteiger partial charge is 0.330 e. The molecule has 1 fully saturated rings. The molecule has 0 amide bonds. The minimum absolute atomic E-state index is 0.166. The lowest BCUT2D eigenvalue weighted by Gasteiger charge is -2.16. The molecule has 0 heterocycles. The Bertz CT molecular complexity index is 397. The molecule has 1 saturated carbocycles. The third kappa shape index (κ3) is 2.22. The molecule has 0 aliphatic heterocycles. The van der Waals surface area contributed by atoms with Crippen molar-refractivity contribution in [3.63, 3.8) is 0 Å². The molecule has 0 radical (unpaired) electrons. The first kappa shape index (κ1) is 12.9. The molecule has 1 aliphatic rings. The molecule has 0 spiro atoms. The van der Waals surface area contributed by atoms with E-state index in [9.17, 15) is 0 Å². The van der Waals surface area contributed by atoms with Crippen LogP contribution in [-0.2, 0) is 5.41 Å². The summed E-state index contributed by atoms with van der Waals surface area (Å²) < 4.78 is 1.19. The Morgan fingerprint density at radius 1 is 1.38 bits per heavy atom. The average Bonchev–Trinajstić information content (AvgIpc) is 2.98. The van der Waals surface area contributed by atoms with E-state index in [0.717, 1.165) is 0 Å². The second-order valence-corrected chi connectivity index (χ2v) is 6.26. The number of rotatable bonds is 4. The van der Waals surface area contributed by atoms with Crippen LogP contribution in [0, 0.1) is 5.92 Å². The van der Waals surface area contributed by atoms with Gasteiger partial charge >= 0.3 is 0 Å². The third-order valence-electron chi connectivity index (χ3n) is 3.55. The van der Waals surface area contributed by atoms with Gasteiger partial charge in [-0.15, -0.1) is 0 Å². The first-order valence-corrected chi connectivity index (χ1v) is 7.64. The molecule has 2 N–H and O–H groups in total. The average molecular weight is 370 g/mol. The van der Waals surface area contributed by atoms with Gasteiger partial charge in [-0.25, -0.2) is 0 Å². The zero-order valence-corrected chi connectivity index (χ0v) is 12.5. The van der Waals surface area contributed by atoms with Crippen LogP contribution >= 0.6 is 45.8 Å². The van der Waals surface area contributed by atoms with Crippen LogP contribution in [0.1, 0.15) is 18.4 Å². The first-order valence-electron chi connectivity index (χ1n) is 5.35. The molecule has 4 heteroatoms. The van der Waals surface area contributed by atoms with Crippen LogP contribution < -0.4 is 5.73 Å². The summed E-state index contributed by atoms with van der Waals surface area (Å²) >= 11 is 14.4. The van der Waals surface area contributed by atoms with Gasteiger partial charge in [0.25, 0.3) is 0 Å². The highest BCUT2D eigenvalue weighted by Gasteiger charge is 2.53. The van der Waals surface area contributed by atoms with Crippen LogP contribution in [0.3, 0.4) is 0 Å². The molecule has 1 nitrogen and oxygen atoms in total. The minimum Gasteiger partial charge on any atom is -0.330 e. The fourth-order valence-electron chi connectivity index (χ4n) is 2.42. The van der Waals surface area contributed by atoms with E-state index in [4.69, 9.17) is 28.9 Å². The standard InChI is InChI=1S/C12H14Cl2IN/c13-10-2-1-8(5-11(10)14)12(7-16)6-9(12)3-4-15/h1-2,5,9H,3-4,6-7,16H2/t9-,12+/m1/s1. The van der Waals surface area contributed by atoms with E-state index in [-0.39, 0.29) is 5.41 Å². The molecular weight excluding hydrogens is 356 g/mol. The summed E-state index contributed by atoms with van der Waals surface area (Å²) in [4.78, 5) is 0. The molecule has 2 rings (SSSR count). The monoisotopic (exact) mass is 369 g/mol. The molecule has 1 aromatic carbocycles. The third-order valence-corrected chi connectivity index (χ3v) is 4.91. The highest BCUT2D eigenvalue weighted by Crippen LogP contribution is 2.56.